The lowest BCUT2D eigenvalue weighted by Crippen LogP contribution is -2.22. The molecule has 0 bridgehead atoms. The molecule has 1 aromatic heterocycles. The van der Waals surface area contributed by atoms with Gasteiger partial charge in [-0.1, -0.05) is 12.5 Å². The fraction of sp³-hybridized carbons (Fsp3) is 0.714. The Kier molecular flexibility index (Phi) is 6.46. The van der Waals surface area contributed by atoms with Gasteiger partial charge in [0.1, 0.15) is 0 Å². The highest BCUT2D eigenvalue weighted by Crippen LogP contribution is 2.33. The standard InChI is InChI=1S/C21H32N2O2/c1-23-14-4-7-20(23)18-12-13-19(22-15-18)6-3-5-16-8-10-17(11-9-16)21(24)25-2/h12-13,15-17,20H,3-11,14H2,1-2H3/t16?,17?,20-/m0/s1. The van der Waals surface area contributed by atoms with Crippen molar-refractivity contribution < 1.29 is 9.53 Å². The van der Waals surface area contributed by atoms with Crippen LogP contribution in [0.3, 0.4) is 0 Å². The van der Waals surface area contributed by atoms with Crippen molar-refractivity contribution in [1.29, 1.82) is 0 Å². The molecule has 2 fully saturated rings. The average Bonchev–Trinajstić information content (AvgIpc) is 3.08. The lowest BCUT2D eigenvalue weighted by Gasteiger charge is -2.26. The number of esters is 1. The van der Waals surface area contributed by atoms with Crippen molar-refractivity contribution in [3.05, 3.63) is 29.6 Å². The predicted molar refractivity (Wildman–Crippen MR) is 99.2 cm³/mol. The number of pyridine rings is 1. The second-order valence-corrected chi connectivity index (χ2v) is 7.85. The molecule has 1 aliphatic carbocycles. The summed E-state index contributed by atoms with van der Waals surface area (Å²) in [6.45, 7) is 1.20. The first-order valence-electron chi connectivity index (χ1n) is 9.90. The van der Waals surface area contributed by atoms with Crippen molar-refractivity contribution in [2.24, 2.45) is 11.8 Å². The third kappa shape index (κ3) is 4.81. The number of hydrogen-bond acceptors (Lipinski definition) is 4. The molecular formula is C21H32N2O2. The molecule has 0 radical (unpaired) electrons. The Bertz CT molecular complexity index is 550. The van der Waals surface area contributed by atoms with Crippen LogP contribution in [-0.2, 0) is 16.0 Å². The Morgan fingerprint density at radius 3 is 2.64 bits per heavy atom. The summed E-state index contributed by atoms with van der Waals surface area (Å²) in [5, 5.41) is 0. The molecule has 4 nitrogen and oxygen atoms in total. The summed E-state index contributed by atoms with van der Waals surface area (Å²) in [6, 6.07) is 5.05. The Balaban J connectivity index is 1.39. The third-order valence-corrected chi connectivity index (χ3v) is 6.18. The largest absolute Gasteiger partial charge is 0.469 e. The maximum atomic E-state index is 11.6. The van der Waals surface area contributed by atoms with E-state index in [1.54, 1.807) is 0 Å². The zero-order chi connectivity index (χ0) is 17.6. The maximum Gasteiger partial charge on any atom is 0.308 e. The molecule has 1 atom stereocenters. The third-order valence-electron chi connectivity index (χ3n) is 6.18. The van der Waals surface area contributed by atoms with Gasteiger partial charge in [0, 0.05) is 17.9 Å². The van der Waals surface area contributed by atoms with Crippen LogP contribution in [0, 0.1) is 11.8 Å². The second kappa shape index (κ2) is 8.79. The Morgan fingerprint density at radius 2 is 2.04 bits per heavy atom. The highest BCUT2D eigenvalue weighted by molar-refractivity contribution is 5.72. The van der Waals surface area contributed by atoms with E-state index >= 15 is 0 Å². The molecule has 138 valence electrons. The summed E-state index contributed by atoms with van der Waals surface area (Å²) in [7, 11) is 3.71. The average molecular weight is 344 g/mol. The quantitative estimate of drug-likeness (QED) is 0.727. The maximum absolute atomic E-state index is 11.6. The Hall–Kier alpha value is -1.42. The number of nitrogens with zero attached hydrogens (tertiary/aromatic N) is 2. The number of aromatic nitrogens is 1. The smallest absolute Gasteiger partial charge is 0.308 e. The van der Waals surface area contributed by atoms with E-state index in [0.717, 1.165) is 25.2 Å². The minimum atomic E-state index is -0.0179. The van der Waals surface area contributed by atoms with Crippen LogP contribution in [0.25, 0.3) is 0 Å². The van der Waals surface area contributed by atoms with E-state index in [0.29, 0.717) is 6.04 Å². The topological polar surface area (TPSA) is 42.4 Å². The fourth-order valence-electron chi connectivity index (χ4n) is 4.54. The number of likely N-dealkylation sites (tertiary alicyclic amines) is 1. The van der Waals surface area contributed by atoms with Gasteiger partial charge in [-0.15, -0.1) is 0 Å². The number of carbonyl (C=O) groups is 1. The molecule has 25 heavy (non-hydrogen) atoms. The number of aryl methyl sites for hydroxylation is 1. The van der Waals surface area contributed by atoms with Crippen molar-refractivity contribution in [1.82, 2.24) is 9.88 Å². The van der Waals surface area contributed by atoms with Crippen LogP contribution in [0.1, 0.15) is 68.7 Å². The fourth-order valence-corrected chi connectivity index (χ4v) is 4.54. The van der Waals surface area contributed by atoms with E-state index in [4.69, 9.17) is 9.72 Å². The number of ether oxygens (including phenoxy) is 1. The molecule has 0 unspecified atom stereocenters. The highest BCUT2D eigenvalue weighted by atomic mass is 16.5. The first kappa shape index (κ1) is 18.4. The van der Waals surface area contributed by atoms with Crippen molar-refractivity contribution in [2.75, 3.05) is 20.7 Å². The van der Waals surface area contributed by atoms with Gasteiger partial charge in [-0.05, 0) is 82.5 Å². The molecular weight excluding hydrogens is 312 g/mol. The van der Waals surface area contributed by atoms with Gasteiger partial charge in [0.15, 0.2) is 0 Å². The molecule has 0 amide bonds. The molecule has 3 rings (SSSR count). The SMILES string of the molecule is COC(=O)C1CCC(CCCc2ccc([C@@H]3CCCN3C)cn2)CC1. The highest BCUT2D eigenvalue weighted by Gasteiger charge is 2.26. The van der Waals surface area contributed by atoms with Crippen LogP contribution in [0.4, 0.5) is 0 Å². The first-order valence-corrected chi connectivity index (χ1v) is 9.90. The van der Waals surface area contributed by atoms with E-state index in [1.807, 2.05) is 0 Å². The van der Waals surface area contributed by atoms with Gasteiger partial charge in [-0.2, -0.15) is 0 Å². The first-order chi connectivity index (χ1) is 12.2. The van der Waals surface area contributed by atoms with E-state index in [1.165, 1.54) is 63.4 Å². The predicted octanol–water partition coefficient (Wildman–Crippen LogP) is 4.15. The lowest BCUT2D eigenvalue weighted by atomic mass is 9.80. The van der Waals surface area contributed by atoms with Gasteiger partial charge >= 0.3 is 5.97 Å². The molecule has 1 aliphatic heterocycles. The molecule has 1 saturated carbocycles. The normalized spacial score (nSPS) is 27.4. The van der Waals surface area contributed by atoms with Gasteiger partial charge in [-0.3, -0.25) is 14.7 Å². The van der Waals surface area contributed by atoms with E-state index in [2.05, 4.69) is 30.3 Å². The number of rotatable bonds is 6. The van der Waals surface area contributed by atoms with Gasteiger partial charge in [0.2, 0.25) is 0 Å². The molecule has 1 saturated heterocycles. The lowest BCUT2D eigenvalue weighted by molar-refractivity contribution is -0.146. The zero-order valence-electron chi connectivity index (χ0n) is 15.7. The summed E-state index contributed by atoms with van der Waals surface area (Å²) in [5.41, 5.74) is 2.58. The zero-order valence-corrected chi connectivity index (χ0v) is 15.7. The van der Waals surface area contributed by atoms with Crippen LogP contribution >= 0.6 is 0 Å². The summed E-state index contributed by atoms with van der Waals surface area (Å²) >= 11 is 0. The summed E-state index contributed by atoms with van der Waals surface area (Å²) < 4.78 is 4.87. The number of hydrogen-bond donors (Lipinski definition) is 0. The molecule has 2 heterocycles. The van der Waals surface area contributed by atoms with Crippen LogP contribution < -0.4 is 0 Å². The van der Waals surface area contributed by atoms with Crippen LogP contribution in [-0.4, -0.2) is 36.6 Å². The Labute approximate surface area is 152 Å². The van der Waals surface area contributed by atoms with Crippen LogP contribution in [0.15, 0.2) is 18.3 Å². The molecule has 4 heteroatoms. The molecule has 0 aromatic carbocycles. The van der Waals surface area contributed by atoms with Crippen molar-refractivity contribution in [2.45, 2.75) is 63.8 Å². The molecule has 0 spiro atoms. The van der Waals surface area contributed by atoms with Gasteiger partial charge in [-0.25, -0.2) is 0 Å². The molecule has 2 aliphatic rings. The van der Waals surface area contributed by atoms with Crippen molar-refractivity contribution in [3.63, 3.8) is 0 Å². The summed E-state index contributed by atoms with van der Waals surface area (Å²) in [6.07, 6.45) is 12.5. The monoisotopic (exact) mass is 344 g/mol. The van der Waals surface area contributed by atoms with Crippen molar-refractivity contribution >= 4 is 5.97 Å². The van der Waals surface area contributed by atoms with Crippen LogP contribution in [0.2, 0.25) is 0 Å². The van der Waals surface area contributed by atoms with Gasteiger partial charge < -0.3 is 4.74 Å². The van der Waals surface area contributed by atoms with Crippen molar-refractivity contribution in [3.8, 4) is 0 Å². The minimum Gasteiger partial charge on any atom is -0.469 e. The number of methoxy groups -OCH3 is 1. The van der Waals surface area contributed by atoms with E-state index in [-0.39, 0.29) is 11.9 Å². The van der Waals surface area contributed by atoms with E-state index in [9.17, 15) is 4.79 Å². The second-order valence-electron chi connectivity index (χ2n) is 7.85. The Morgan fingerprint density at radius 1 is 1.24 bits per heavy atom. The number of carbonyl (C=O) groups excluding carboxylic acids is 1. The molecule has 1 aromatic rings. The van der Waals surface area contributed by atoms with Crippen LogP contribution in [0.5, 0.6) is 0 Å². The van der Waals surface area contributed by atoms with Gasteiger partial charge in [0.25, 0.3) is 0 Å². The van der Waals surface area contributed by atoms with E-state index < -0.39 is 0 Å². The minimum absolute atomic E-state index is 0.0179. The molecule has 0 N–H and O–H groups in total. The summed E-state index contributed by atoms with van der Waals surface area (Å²) in [5.74, 6) is 0.896. The van der Waals surface area contributed by atoms with Gasteiger partial charge in [0.05, 0.1) is 13.0 Å². The summed E-state index contributed by atoms with van der Waals surface area (Å²) in [4.78, 5) is 18.7.